The normalized spacial score (nSPS) is 11.2. The van der Waals surface area contributed by atoms with Gasteiger partial charge in [0.25, 0.3) is 0 Å². The van der Waals surface area contributed by atoms with Crippen molar-refractivity contribution in [2.75, 3.05) is 19.8 Å². The van der Waals surface area contributed by atoms with Crippen molar-refractivity contribution in [3.05, 3.63) is 12.2 Å². The van der Waals surface area contributed by atoms with Crippen LogP contribution in [0, 0.1) is 0 Å². The summed E-state index contributed by atoms with van der Waals surface area (Å²) in [5.74, 6) is -1.06. The Labute approximate surface area is 97.6 Å². The highest BCUT2D eigenvalue weighted by Gasteiger charge is 2.25. The van der Waals surface area contributed by atoms with Crippen molar-refractivity contribution >= 4 is 5.97 Å². The van der Waals surface area contributed by atoms with E-state index < -0.39 is 5.79 Å². The van der Waals surface area contributed by atoms with Crippen molar-refractivity contribution in [1.29, 1.82) is 0 Å². The second-order valence-electron chi connectivity index (χ2n) is 3.67. The molecule has 0 heterocycles. The molecule has 4 nitrogen and oxygen atoms in total. The summed E-state index contributed by atoms with van der Waals surface area (Å²) in [4.78, 5) is 11.1. The van der Waals surface area contributed by atoms with Crippen molar-refractivity contribution in [2.45, 2.75) is 39.9 Å². The van der Waals surface area contributed by atoms with Crippen LogP contribution in [0.2, 0.25) is 0 Å². The van der Waals surface area contributed by atoms with Gasteiger partial charge in [0.05, 0.1) is 6.61 Å². The zero-order valence-electron chi connectivity index (χ0n) is 10.7. The molecule has 0 radical (unpaired) electrons. The molecule has 16 heavy (non-hydrogen) atoms. The molecule has 0 rings (SSSR count). The molecule has 0 amide bonds. The second kappa shape index (κ2) is 7.41. The van der Waals surface area contributed by atoms with E-state index in [2.05, 4.69) is 6.58 Å². The molecular weight excluding hydrogens is 208 g/mol. The molecule has 4 heteroatoms. The first-order chi connectivity index (χ1) is 7.45. The fourth-order valence-electron chi connectivity index (χ4n) is 1.25. The van der Waals surface area contributed by atoms with Crippen LogP contribution in [-0.2, 0) is 19.0 Å². The third-order valence-corrected chi connectivity index (χ3v) is 2.04. The van der Waals surface area contributed by atoms with Gasteiger partial charge >= 0.3 is 5.97 Å². The predicted octanol–water partition coefficient (Wildman–Crippen LogP) is 2.29. The molecule has 0 unspecified atom stereocenters. The van der Waals surface area contributed by atoms with Crippen molar-refractivity contribution < 1.29 is 19.0 Å². The summed E-state index contributed by atoms with van der Waals surface area (Å²) in [6.07, 6.45) is 0.508. The van der Waals surface area contributed by atoms with Gasteiger partial charge in [0, 0.05) is 25.2 Å². The van der Waals surface area contributed by atoms with E-state index in [4.69, 9.17) is 14.2 Å². The molecule has 0 aromatic rings. The quantitative estimate of drug-likeness (QED) is 0.364. The number of hydrogen-bond donors (Lipinski definition) is 0. The van der Waals surface area contributed by atoms with Gasteiger partial charge in [0.2, 0.25) is 0 Å². The molecule has 0 fully saturated rings. The highest BCUT2D eigenvalue weighted by molar-refractivity contribution is 5.86. The summed E-state index contributed by atoms with van der Waals surface area (Å²) >= 11 is 0. The number of carbonyl (C=O) groups excluding carboxylic acids is 1. The number of hydrogen-bond acceptors (Lipinski definition) is 4. The monoisotopic (exact) mass is 230 g/mol. The van der Waals surface area contributed by atoms with Crippen LogP contribution in [0.1, 0.15) is 34.1 Å². The number of ether oxygens (including phenoxy) is 3. The maximum atomic E-state index is 11.1. The zero-order valence-corrected chi connectivity index (χ0v) is 10.7. The van der Waals surface area contributed by atoms with E-state index in [1.165, 1.54) is 0 Å². The zero-order chi connectivity index (χ0) is 12.6. The van der Waals surface area contributed by atoms with Crippen LogP contribution in [-0.4, -0.2) is 31.6 Å². The Kier molecular flexibility index (Phi) is 7.01. The molecule has 0 saturated carbocycles. The van der Waals surface area contributed by atoms with E-state index in [0.29, 0.717) is 25.2 Å². The van der Waals surface area contributed by atoms with Gasteiger partial charge in [-0.25, -0.2) is 4.79 Å². The van der Waals surface area contributed by atoms with E-state index in [-0.39, 0.29) is 12.6 Å². The van der Waals surface area contributed by atoms with E-state index in [0.717, 1.165) is 0 Å². The minimum Gasteiger partial charge on any atom is -0.462 e. The Morgan fingerprint density at radius 1 is 1.25 bits per heavy atom. The lowest BCUT2D eigenvalue weighted by atomic mass is 10.2. The molecule has 0 aliphatic carbocycles. The Morgan fingerprint density at radius 3 is 2.12 bits per heavy atom. The van der Waals surface area contributed by atoms with Crippen LogP contribution in [0.15, 0.2) is 12.2 Å². The minimum atomic E-state index is -0.682. The summed E-state index contributed by atoms with van der Waals surface area (Å²) in [7, 11) is 0. The van der Waals surface area contributed by atoms with Gasteiger partial charge in [-0.2, -0.15) is 0 Å². The molecule has 94 valence electrons. The van der Waals surface area contributed by atoms with Crippen LogP contribution in [0.25, 0.3) is 0 Å². The molecule has 0 N–H and O–H groups in total. The molecule has 0 aliphatic rings. The van der Waals surface area contributed by atoms with Crippen LogP contribution in [0.5, 0.6) is 0 Å². The summed E-state index contributed by atoms with van der Waals surface area (Å²) in [5, 5.41) is 0. The Balaban J connectivity index is 4.02. The maximum absolute atomic E-state index is 11.1. The first kappa shape index (κ1) is 15.1. The predicted molar refractivity (Wildman–Crippen MR) is 62.0 cm³/mol. The summed E-state index contributed by atoms with van der Waals surface area (Å²) in [6, 6.07) is 0. The summed E-state index contributed by atoms with van der Waals surface area (Å²) in [5.41, 5.74) is 0.398. The standard InChI is InChI=1S/C12H22O4/c1-6-15-12(5,16-7-2)8-9-14-11(13)10(3)4/h3,6-9H2,1-2,4-5H3. The lowest BCUT2D eigenvalue weighted by molar-refractivity contribution is -0.228. The SMILES string of the molecule is C=C(C)C(=O)OCCC(C)(OCC)OCC. The molecular formula is C12H22O4. The van der Waals surface area contributed by atoms with E-state index in [1.807, 2.05) is 20.8 Å². The van der Waals surface area contributed by atoms with Crippen molar-refractivity contribution in [3.8, 4) is 0 Å². The number of rotatable bonds is 8. The molecule has 0 saturated heterocycles. The number of carbonyl (C=O) groups is 1. The largest absolute Gasteiger partial charge is 0.462 e. The van der Waals surface area contributed by atoms with E-state index in [1.54, 1.807) is 6.92 Å². The van der Waals surface area contributed by atoms with Gasteiger partial charge in [-0.15, -0.1) is 0 Å². The smallest absolute Gasteiger partial charge is 0.333 e. The fourth-order valence-corrected chi connectivity index (χ4v) is 1.25. The van der Waals surface area contributed by atoms with Gasteiger partial charge in [0.1, 0.15) is 0 Å². The average Bonchev–Trinajstić information content (AvgIpc) is 2.17. The first-order valence-corrected chi connectivity index (χ1v) is 5.55. The third kappa shape index (κ3) is 5.88. The van der Waals surface area contributed by atoms with E-state index >= 15 is 0 Å². The van der Waals surface area contributed by atoms with Gasteiger partial charge in [-0.05, 0) is 27.7 Å². The Hall–Kier alpha value is -0.870. The molecule has 0 spiro atoms. The van der Waals surface area contributed by atoms with Crippen LogP contribution < -0.4 is 0 Å². The minimum absolute atomic E-state index is 0.266. The van der Waals surface area contributed by atoms with Gasteiger partial charge in [-0.3, -0.25) is 0 Å². The van der Waals surface area contributed by atoms with Crippen molar-refractivity contribution in [1.82, 2.24) is 0 Å². The summed E-state index contributed by atoms with van der Waals surface area (Å²) < 4.78 is 15.9. The van der Waals surface area contributed by atoms with Crippen LogP contribution in [0.3, 0.4) is 0 Å². The van der Waals surface area contributed by atoms with Gasteiger partial charge < -0.3 is 14.2 Å². The van der Waals surface area contributed by atoms with Gasteiger partial charge in [-0.1, -0.05) is 6.58 Å². The highest BCUT2D eigenvalue weighted by atomic mass is 16.7. The lowest BCUT2D eigenvalue weighted by Gasteiger charge is -2.28. The Bertz CT molecular complexity index is 229. The second-order valence-corrected chi connectivity index (χ2v) is 3.67. The van der Waals surface area contributed by atoms with Gasteiger partial charge in [0.15, 0.2) is 5.79 Å². The van der Waals surface area contributed by atoms with Crippen molar-refractivity contribution in [2.24, 2.45) is 0 Å². The van der Waals surface area contributed by atoms with Crippen LogP contribution >= 0.6 is 0 Å². The molecule has 0 bridgehead atoms. The number of esters is 1. The first-order valence-electron chi connectivity index (χ1n) is 5.55. The maximum Gasteiger partial charge on any atom is 0.333 e. The lowest BCUT2D eigenvalue weighted by Crippen LogP contribution is -2.34. The summed E-state index contributed by atoms with van der Waals surface area (Å²) in [6.45, 7) is 12.2. The van der Waals surface area contributed by atoms with Crippen molar-refractivity contribution in [3.63, 3.8) is 0 Å². The van der Waals surface area contributed by atoms with Crippen LogP contribution in [0.4, 0.5) is 0 Å². The third-order valence-electron chi connectivity index (χ3n) is 2.04. The molecule has 0 atom stereocenters. The molecule has 0 aromatic heterocycles. The Morgan fingerprint density at radius 2 is 1.75 bits per heavy atom. The fraction of sp³-hybridized carbons (Fsp3) is 0.750. The molecule has 0 aromatic carbocycles. The average molecular weight is 230 g/mol. The highest BCUT2D eigenvalue weighted by Crippen LogP contribution is 2.17. The topological polar surface area (TPSA) is 44.8 Å². The van der Waals surface area contributed by atoms with E-state index in [9.17, 15) is 4.79 Å². The molecule has 0 aliphatic heterocycles.